The lowest BCUT2D eigenvalue weighted by atomic mass is 10.2. The van der Waals surface area contributed by atoms with Crippen LogP contribution in [0.1, 0.15) is 24.8 Å². The van der Waals surface area contributed by atoms with Gasteiger partial charge in [-0.2, -0.15) is 13.2 Å². The highest BCUT2D eigenvalue weighted by atomic mass is 32.2. The monoisotopic (exact) mass is 275 g/mol. The van der Waals surface area contributed by atoms with Crippen molar-refractivity contribution in [2.75, 3.05) is 6.54 Å². The highest BCUT2D eigenvalue weighted by molar-refractivity contribution is 8.00. The number of alkyl halides is 3. The maximum absolute atomic E-state index is 12.1. The van der Waals surface area contributed by atoms with Crippen molar-refractivity contribution in [2.45, 2.75) is 36.2 Å². The van der Waals surface area contributed by atoms with Crippen LogP contribution in [0.5, 0.6) is 0 Å². The molecule has 0 bridgehead atoms. The third-order valence-corrected chi connectivity index (χ3v) is 3.65. The molecule has 1 aromatic rings. The van der Waals surface area contributed by atoms with E-state index in [2.05, 4.69) is 5.32 Å². The minimum Gasteiger partial charge on any atom is -0.313 e. The van der Waals surface area contributed by atoms with E-state index in [0.717, 1.165) is 24.6 Å². The summed E-state index contributed by atoms with van der Waals surface area (Å²) in [4.78, 5) is 0.240. The van der Waals surface area contributed by atoms with E-state index in [9.17, 15) is 13.2 Å². The minimum absolute atomic E-state index is 0.0704. The normalized spacial score (nSPS) is 15.9. The van der Waals surface area contributed by atoms with Gasteiger partial charge in [-0.05, 0) is 48.3 Å². The predicted octanol–water partition coefficient (Wildman–Crippen LogP) is 4.19. The Balaban J connectivity index is 1.72. The molecule has 0 aromatic heterocycles. The first-order valence-electron chi connectivity index (χ1n) is 6.08. The lowest BCUT2D eigenvalue weighted by molar-refractivity contribution is -0.0328. The van der Waals surface area contributed by atoms with Gasteiger partial charge in [0.2, 0.25) is 0 Å². The Labute approximate surface area is 109 Å². The third kappa shape index (κ3) is 5.31. The van der Waals surface area contributed by atoms with E-state index in [1.54, 1.807) is 12.1 Å². The predicted molar refractivity (Wildman–Crippen MR) is 67.4 cm³/mol. The Morgan fingerprint density at radius 1 is 1.17 bits per heavy atom. The molecule has 0 radical (unpaired) electrons. The molecule has 2 rings (SSSR count). The summed E-state index contributed by atoms with van der Waals surface area (Å²) in [5.41, 5.74) is -3.18. The second-order valence-electron chi connectivity index (χ2n) is 4.60. The number of benzene rings is 1. The molecule has 1 aliphatic rings. The molecular weight excluding hydrogens is 259 g/mol. The summed E-state index contributed by atoms with van der Waals surface area (Å²) in [5, 5.41) is 3.31. The zero-order valence-electron chi connectivity index (χ0n) is 9.96. The third-order valence-electron chi connectivity index (χ3n) is 2.91. The Morgan fingerprint density at radius 2 is 1.83 bits per heavy atom. The summed E-state index contributed by atoms with van der Waals surface area (Å²) in [5.74, 6) is 0.906. The lowest BCUT2D eigenvalue weighted by Crippen LogP contribution is -2.15. The topological polar surface area (TPSA) is 12.0 Å². The van der Waals surface area contributed by atoms with Crippen LogP contribution >= 0.6 is 11.8 Å². The van der Waals surface area contributed by atoms with E-state index >= 15 is 0 Å². The van der Waals surface area contributed by atoms with Crippen molar-refractivity contribution in [3.63, 3.8) is 0 Å². The Kier molecular flexibility index (Phi) is 4.56. The van der Waals surface area contributed by atoms with Crippen LogP contribution in [0.4, 0.5) is 13.2 Å². The first-order valence-corrected chi connectivity index (χ1v) is 6.90. The van der Waals surface area contributed by atoms with Gasteiger partial charge in [-0.1, -0.05) is 25.0 Å². The second kappa shape index (κ2) is 5.97. The molecule has 0 atom stereocenters. The molecule has 1 aliphatic carbocycles. The Bertz CT molecular complexity index is 371. The Morgan fingerprint density at radius 3 is 2.39 bits per heavy atom. The summed E-state index contributed by atoms with van der Waals surface area (Å²) in [6, 6.07) is 6.54. The largest absolute Gasteiger partial charge is 0.446 e. The van der Waals surface area contributed by atoms with Gasteiger partial charge in [0.25, 0.3) is 0 Å². The van der Waals surface area contributed by atoms with Gasteiger partial charge in [0, 0.05) is 11.4 Å². The van der Waals surface area contributed by atoms with E-state index in [1.807, 2.05) is 0 Å². The number of rotatable bonds is 6. The zero-order valence-corrected chi connectivity index (χ0v) is 10.8. The van der Waals surface area contributed by atoms with E-state index in [0.29, 0.717) is 0 Å². The van der Waals surface area contributed by atoms with Gasteiger partial charge in [-0.15, -0.1) is 0 Å². The summed E-state index contributed by atoms with van der Waals surface area (Å²) in [6.45, 7) is 1.72. The maximum Gasteiger partial charge on any atom is 0.446 e. The quantitative estimate of drug-likeness (QED) is 0.617. The zero-order chi connectivity index (χ0) is 13.0. The van der Waals surface area contributed by atoms with Crippen molar-refractivity contribution in [1.29, 1.82) is 0 Å². The van der Waals surface area contributed by atoms with Gasteiger partial charge < -0.3 is 5.32 Å². The van der Waals surface area contributed by atoms with Gasteiger partial charge in [0.15, 0.2) is 0 Å². The van der Waals surface area contributed by atoms with Crippen molar-refractivity contribution >= 4 is 11.8 Å². The van der Waals surface area contributed by atoms with Crippen LogP contribution in [0.15, 0.2) is 29.2 Å². The van der Waals surface area contributed by atoms with Crippen molar-refractivity contribution in [2.24, 2.45) is 5.92 Å². The summed E-state index contributed by atoms with van der Waals surface area (Å²) in [6.07, 6.45) is 3.91. The number of nitrogens with one attached hydrogen (secondary N) is 1. The molecule has 1 nitrogen and oxygen atoms in total. The molecule has 18 heavy (non-hydrogen) atoms. The van der Waals surface area contributed by atoms with Crippen LogP contribution in [-0.4, -0.2) is 12.1 Å². The molecule has 1 N–H and O–H groups in total. The van der Waals surface area contributed by atoms with Crippen LogP contribution in [0.2, 0.25) is 0 Å². The molecule has 0 saturated heterocycles. The highest BCUT2D eigenvalue weighted by Gasteiger charge is 2.28. The van der Waals surface area contributed by atoms with E-state index in [4.69, 9.17) is 0 Å². The first kappa shape index (κ1) is 13.7. The van der Waals surface area contributed by atoms with Crippen molar-refractivity contribution in [3.8, 4) is 0 Å². The van der Waals surface area contributed by atoms with E-state index in [1.165, 1.54) is 31.4 Å². The van der Waals surface area contributed by atoms with E-state index in [-0.39, 0.29) is 16.7 Å². The fourth-order valence-electron chi connectivity index (χ4n) is 1.75. The van der Waals surface area contributed by atoms with Gasteiger partial charge in [0.1, 0.15) is 0 Å². The van der Waals surface area contributed by atoms with Crippen LogP contribution in [-0.2, 0) is 6.54 Å². The molecule has 5 heteroatoms. The summed E-state index contributed by atoms with van der Waals surface area (Å²) in [7, 11) is 0. The molecular formula is C13H16F3NS. The molecule has 1 fully saturated rings. The maximum atomic E-state index is 12.1. The van der Waals surface area contributed by atoms with E-state index < -0.39 is 5.51 Å². The van der Waals surface area contributed by atoms with Crippen LogP contribution < -0.4 is 5.32 Å². The highest BCUT2D eigenvalue weighted by Crippen LogP contribution is 2.36. The molecule has 1 saturated carbocycles. The molecule has 0 aliphatic heterocycles. The van der Waals surface area contributed by atoms with Gasteiger partial charge in [0.05, 0.1) is 0 Å². The fourth-order valence-corrected chi connectivity index (χ4v) is 2.29. The minimum atomic E-state index is -4.20. The van der Waals surface area contributed by atoms with Crippen LogP contribution in [0, 0.1) is 5.92 Å². The summed E-state index contributed by atoms with van der Waals surface area (Å²) >= 11 is -0.0704. The van der Waals surface area contributed by atoms with Gasteiger partial charge in [-0.25, -0.2) is 0 Å². The van der Waals surface area contributed by atoms with Gasteiger partial charge >= 0.3 is 5.51 Å². The van der Waals surface area contributed by atoms with Crippen LogP contribution in [0.25, 0.3) is 0 Å². The van der Waals surface area contributed by atoms with Crippen molar-refractivity contribution < 1.29 is 13.2 Å². The van der Waals surface area contributed by atoms with Gasteiger partial charge in [-0.3, -0.25) is 0 Å². The molecule has 0 spiro atoms. The number of hydrogen-bond acceptors (Lipinski definition) is 2. The number of thioether (sulfide) groups is 1. The Hall–Kier alpha value is -0.680. The number of halogens is 3. The molecule has 100 valence electrons. The molecule has 0 amide bonds. The molecule has 0 heterocycles. The van der Waals surface area contributed by atoms with Crippen molar-refractivity contribution in [3.05, 3.63) is 29.8 Å². The SMILES string of the molecule is FC(F)(F)Sc1ccc(CNCCC2CC2)cc1. The number of hydrogen-bond donors (Lipinski definition) is 1. The average Bonchev–Trinajstić information content (AvgIpc) is 3.08. The molecule has 0 unspecified atom stereocenters. The second-order valence-corrected chi connectivity index (χ2v) is 5.74. The summed E-state index contributed by atoms with van der Waals surface area (Å²) < 4.78 is 36.4. The smallest absolute Gasteiger partial charge is 0.313 e. The standard InChI is InChI=1S/C13H16F3NS/c14-13(15,16)18-12-5-3-11(4-6-12)9-17-8-7-10-1-2-10/h3-6,10,17H,1-2,7-9H2. The van der Waals surface area contributed by atoms with Crippen molar-refractivity contribution in [1.82, 2.24) is 5.32 Å². The lowest BCUT2D eigenvalue weighted by Gasteiger charge is -2.07. The average molecular weight is 275 g/mol. The molecule has 1 aromatic carbocycles. The first-order chi connectivity index (χ1) is 8.53. The fraction of sp³-hybridized carbons (Fsp3) is 0.538. The van der Waals surface area contributed by atoms with Crippen LogP contribution in [0.3, 0.4) is 0 Å².